The molecule has 4 N–H and O–H groups in total. The number of aromatic nitrogens is 2. The van der Waals surface area contributed by atoms with Crippen LogP contribution in [0, 0.1) is 0 Å². The van der Waals surface area contributed by atoms with Crippen LogP contribution < -0.4 is 10.6 Å². The van der Waals surface area contributed by atoms with Crippen LogP contribution in [0.4, 0.5) is 11.6 Å². The Morgan fingerprint density at radius 1 is 1.33 bits per heavy atom. The van der Waals surface area contributed by atoms with Gasteiger partial charge in [-0.1, -0.05) is 6.92 Å². The number of aliphatic hydroxyl groups is 2. The monoisotopic (exact) mass is 318 g/mol. The van der Waals surface area contributed by atoms with Crippen LogP contribution in [0.3, 0.4) is 0 Å². The van der Waals surface area contributed by atoms with Crippen molar-refractivity contribution in [1.29, 1.82) is 0 Å². The fourth-order valence-electron chi connectivity index (χ4n) is 1.19. The fraction of sp³-hybridized carbons (Fsp3) is 0.636. The van der Waals surface area contributed by atoms with Gasteiger partial charge in [-0.2, -0.15) is 0 Å². The van der Waals surface area contributed by atoms with E-state index in [2.05, 4.69) is 43.5 Å². The zero-order valence-electron chi connectivity index (χ0n) is 10.6. The third kappa shape index (κ3) is 4.40. The van der Waals surface area contributed by atoms with Crippen molar-refractivity contribution in [2.75, 3.05) is 30.3 Å². The van der Waals surface area contributed by atoms with Crippen molar-refractivity contribution in [1.82, 2.24) is 9.97 Å². The van der Waals surface area contributed by atoms with Crippen LogP contribution in [0.2, 0.25) is 0 Å². The first-order valence-electron chi connectivity index (χ1n) is 5.81. The molecule has 1 aromatic rings. The van der Waals surface area contributed by atoms with Gasteiger partial charge in [-0.15, -0.1) is 0 Å². The van der Waals surface area contributed by atoms with E-state index in [-0.39, 0.29) is 13.2 Å². The van der Waals surface area contributed by atoms with E-state index in [1.54, 1.807) is 6.92 Å². The molecule has 1 aromatic heterocycles. The van der Waals surface area contributed by atoms with Crippen LogP contribution in [0.1, 0.15) is 20.3 Å². The van der Waals surface area contributed by atoms with Crippen molar-refractivity contribution in [3.8, 4) is 0 Å². The molecule has 0 saturated heterocycles. The number of aliphatic hydroxyl groups excluding tert-OH is 1. The van der Waals surface area contributed by atoms with E-state index in [0.717, 1.165) is 13.0 Å². The third-order valence-electron chi connectivity index (χ3n) is 2.31. The van der Waals surface area contributed by atoms with Gasteiger partial charge in [0.15, 0.2) is 0 Å². The second kappa shape index (κ2) is 6.86. The summed E-state index contributed by atoms with van der Waals surface area (Å²) in [7, 11) is 0. The summed E-state index contributed by atoms with van der Waals surface area (Å²) in [5.74, 6) is 1.29. The maximum absolute atomic E-state index is 9.70. The van der Waals surface area contributed by atoms with Crippen LogP contribution in [0.5, 0.6) is 0 Å². The number of halogens is 1. The third-order valence-corrected chi connectivity index (χ3v) is 3.06. The van der Waals surface area contributed by atoms with E-state index in [9.17, 15) is 5.11 Å². The van der Waals surface area contributed by atoms with E-state index < -0.39 is 5.60 Å². The summed E-state index contributed by atoms with van der Waals surface area (Å²) in [6.07, 6.45) is 2.44. The number of hydrogen-bond donors (Lipinski definition) is 4. The summed E-state index contributed by atoms with van der Waals surface area (Å²) in [5, 5.41) is 24.8. The Balaban J connectivity index is 2.71. The molecule has 0 radical (unpaired) electrons. The number of hydrogen-bond acceptors (Lipinski definition) is 6. The van der Waals surface area contributed by atoms with Gasteiger partial charge in [-0.25, -0.2) is 9.97 Å². The average Bonchev–Trinajstić information content (AvgIpc) is 2.36. The highest BCUT2D eigenvalue weighted by Crippen LogP contribution is 2.26. The van der Waals surface area contributed by atoms with Gasteiger partial charge in [0, 0.05) is 13.1 Å². The van der Waals surface area contributed by atoms with Crippen molar-refractivity contribution in [3.05, 3.63) is 10.8 Å². The molecule has 6 nitrogen and oxygen atoms in total. The van der Waals surface area contributed by atoms with Crippen molar-refractivity contribution >= 4 is 27.6 Å². The highest BCUT2D eigenvalue weighted by Gasteiger charge is 2.19. The Kier molecular flexibility index (Phi) is 5.77. The summed E-state index contributed by atoms with van der Waals surface area (Å²) in [6, 6.07) is 0. The molecule has 0 aliphatic rings. The molecular formula is C11H19BrN4O2. The summed E-state index contributed by atoms with van der Waals surface area (Å²) in [5.41, 5.74) is -1.18. The van der Waals surface area contributed by atoms with Gasteiger partial charge in [-0.05, 0) is 29.3 Å². The summed E-state index contributed by atoms with van der Waals surface area (Å²) >= 11 is 3.41. The Labute approximate surface area is 115 Å². The predicted molar refractivity (Wildman–Crippen MR) is 74.7 cm³/mol. The normalized spacial score (nSPS) is 14.1. The molecule has 1 atom stereocenters. The van der Waals surface area contributed by atoms with E-state index in [0.29, 0.717) is 16.1 Å². The van der Waals surface area contributed by atoms with Gasteiger partial charge < -0.3 is 20.8 Å². The molecule has 0 bridgehead atoms. The smallest absolute Gasteiger partial charge is 0.146 e. The Hall–Kier alpha value is -0.920. The van der Waals surface area contributed by atoms with Crippen molar-refractivity contribution in [3.63, 3.8) is 0 Å². The second-order valence-electron chi connectivity index (χ2n) is 4.32. The number of nitrogens with zero attached hydrogens (tertiary/aromatic N) is 2. The van der Waals surface area contributed by atoms with Crippen LogP contribution in [0.15, 0.2) is 10.8 Å². The van der Waals surface area contributed by atoms with Gasteiger partial charge in [-0.3, -0.25) is 0 Å². The molecular weight excluding hydrogens is 300 g/mol. The Bertz CT molecular complexity index is 387. The highest BCUT2D eigenvalue weighted by atomic mass is 79.9. The zero-order valence-corrected chi connectivity index (χ0v) is 12.2. The minimum atomic E-state index is -1.18. The summed E-state index contributed by atoms with van der Waals surface area (Å²) in [4.78, 5) is 8.20. The molecule has 0 fully saturated rings. The van der Waals surface area contributed by atoms with Crippen LogP contribution in [0.25, 0.3) is 0 Å². The molecule has 0 aliphatic carbocycles. The topological polar surface area (TPSA) is 90.3 Å². The molecule has 1 rings (SSSR count). The van der Waals surface area contributed by atoms with Gasteiger partial charge in [0.05, 0.1) is 6.61 Å². The molecule has 1 heterocycles. The molecule has 0 aliphatic heterocycles. The summed E-state index contributed by atoms with van der Waals surface area (Å²) in [6.45, 7) is 4.32. The quantitative estimate of drug-likeness (QED) is 0.604. The lowest BCUT2D eigenvalue weighted by Crippen LogP contribution is -2.37. The van der Waals surface area contributed by atoms with Gasteiger partial charge in [0.1, 0.15) is 28.0 Å². The van der Waals surface area contributed by atoms with E-state index in [1.807, 2.05) is 0 Å². The number of nitrogens with one attached hydrogen (secondary N) is 2. The Morgan fingerprint density at radius 2 is 1.94 bits per heavy atom. The predicted octanol–water partition coefficient (Wildman–Crippen LogP) is 1.22. The van der Waals surface area contributed by atoms with Crippen LogP contribution >= 0.6 is 15.9 Å². The number of anilines is 2. The van der Waals surface area contributed by atoms with Crippen molar-refractivity contribution in [2.45, 2.75) is 25.9 Å². The average molecular weight is 319 g/mol. The first-order valence-corrected chi connectivity index (χ1v) is 6.61. The molecule has 0 amide bonds. The van der Waals surface area contributed by atoms with Gasteiger partial charge in [0.25, 0.3) is 0 Å². The SMILES string of the molecule is CCCNc1ncnc(NCC(C)(O)CO)c1Br. The van der Waals surface area contributed by atoms with Crippen LogP contribution in [-0.2, 0) is 0 Å². The first kappa shape index (κ1) is 15.1. The molecule has 0 aromatic carbocycles. The Morgan fingerprint density at radius 3 is 2.50 bits per heavy atom. The highest BCUT2D eigenvalue weighted by molar-refractivity contribution is 9.10. The fourth-order valence-corrected chi connectivity index (χ4v) is 1.67. The standard InChI is InChI=1S/C11H19BrN4O2/c1-3-4-13-9-8(12)10(16-7-15-9)14-5-11(2,18)6-17/h7,17-18H,3-6H2,1-2H3,(H2,13,14,15,16). The van der Waals surface area contributed by atoms with Crippen molar-refractivity contribution in [2.24, 2.45) is 0 Å². The van der Waals surface area contributed by atoms with E-state index in [4.69, 9.17) is 5.11 Å². The van der Waals surface area contributed by atoms with E-state index >= 15 is 0 Å². The molecule has 0 spiro atoms. The maximum Gasteiger partial charge on any atom is 0.146 e. The first-order chi connectivity index (χ1) is 8.50. The maximum atomic E-state index is 9.70. The molecule has 18 heavy (non-hydrogen) atoms. The van der Waals surface area contributed by atoms with E-state index in [1.165, 1.54) is 6.33 Å². The molecule has 0 saturated carbocycles. The summed E-state index contributed by atoms with van der Waals surface area (Å²) < 4.78 is 0.715. The lowest BCUT2D eigenvalue weighted by atomic mass is 10.1. The van der Waals surface area contributed by atoms with Crippen LogP contribution in [-0.4, -0.2) is 45.5 Å². The van der Waals surface area contributed by atoms with Gasteiger partial charge in [0.2, 0.25) is 0 Å². The second-order valence-corrected chi connectivity index (χ2v) is 5.11. The van der Waals surface area contributed by atoms with Gasteiger partial charge >= 0.3 is 0 Å². The lowest BCUT2D eigenvalue weighted by Gasteiger charge is -2.21. The lowest BCUT2D eigenvalue weighted by molar-refractivity contribution is 0.0131. The van der Waals surface area contributed by atoms with Crippen molar-refractivity contribution < 1.29 is 10.2 Å². The molecule has 1 unspecified atom stereocenters. The molecule has 102 valence electrons. The molecule has 7 heteroatoms. The minimum absolute atomic E-state index is 0.201. The number of rotatable bonds is 7. The zero-order chi connectivity index (χ0) is 13.6. The minimum Gasteiger partial charge on any atom is -0.393 e. The largest absolute Gasteiger partial charge is 0.393 e.